The van der Waals surface area contributed by atoms with Gasteiger partial charge >= 0.3 is 0 Å². The van der Waals surface area contributed by atoms with Gasteiger partial charge in [-0.2, -0.15) is 0 Å². The fourth-order valence-electron chi connectivity index (χ4n) is 3.41. The summed E-state index contributed by atoms with van der Waals surface area (Å²) in [6, 6.07) is 11.5. The molecule has 0 bridgehead atoms. The van der Waals surface area contributed by atoms with Crippen molar-refractivity contribution >= 4 is 17.4 Å². The van der Waals surface area contributed by atoms with E-state index in [2.05, 4.69) is 15.3 Å². The highest BCUT2D eigenvalue weighted by atomic mass is 16.5. The maximum Gasteiger partial charge on any atom is 0.265 e. The minimum absolute atomic E-state index is 0.158. The number of benzene rings is 1. The molecular formula is C21H17N5O2. The van der Waals surface area contributed by atoms with Crippen LogP contribution in [0.15, 0.2) is 55.0 Å². The van der Waals surface area contributed by atoms with Gasteiger partial charge in [0, 0.05) is 35.4 Å². The van der Waals surface area contributed by atoms with Crippen LogP contribution in [-0.4, -0.2) is 31.4 Å². The van der Waals surface area contributed by atoms with Crippen LogP contribution in [0.3, 0.4) is 0 Å². The molecule has 7 nitrogen and oxygen atoms in total. The zero-order chi connectivity index (χ0) is 19.3. The summed E-state index contributed by atoms with van der Waals surface area (Å²) in [6.45, 7) is 3.68. The van der Waals surface area contributed by atoms with E-state index < -0.39 is 6.10 Å². The van der Waals surface area contributed by atoms with Gasteiger partial charge in [-0.15, -0.1) is 0 Å². The van der Waals surface area contributed by atoms with Gasteiger partial charge in [0.25, 0.3) is 5.91 Å². The van der Waals surface area contributed by atoms with E-state index >= 15 is 0 Å². The molecule has 0 saturated heterocycles. The summed E-state index contributed by atoms with van der Waals surface area (Å²) in [5, 5.41) is 2.91. The molecule has 7 heteroatoms. The molecule has 4 aromatic rings. The number of fused-ring (bicyclic) bond motifs is 2. The zero-order valence-electron chi connectivity index (χ0n) is 15.4. The van der Waals surface area contributed by atoms with E-state index in [0.717, 1.165) is 28.2 Å². The number of carbonyl (C=O) groups excluding carboxylic acids is 1. The van der Waals surface area contributed by atoms with Gasteiger partial charge in [0.05, 0.1) is 17.1 Å². The van der Waals surface area contributed by atoms with E-state index in [4.69, 9.17) is 9.72 Å². The van der Waals surface area contributed by atoms with E-state index in [-0.39, 0.29) is 5.91 Å². The molecule has 0 radical (unpaired) electrons. The minimum Gasteiger partial charge on any atom is -0.479 e. The van der Waals surface area contributed by atoms with Crippen molar-refractivity contribution in [3.05, 3.63) is 60.7 Å². The highest BCUT2D eigenvalue weighted by Crippen LogP contribution is 2.38. The molecule has 1 amide bonds. The Balaban J connectivity index is 1.74. The largest absolute Gasteiger partial charge is 0.479 e. The zero-order valence-corrected chi connectivity index (χ0v) is 15.4. The number of carbonyl (C=O) groups is 1. The first kappa shape index (κ1) is 16.4. The van der Waals surface area contributed by atoms with Crippen molar-refractivity contribution in [2.24, 2.45) is 0 Å². The number of nitrogens with one attached hydrogen (secondary N) is 1. The van der Waals surface area contributed by atoms with Gasteiger partial charge in [0.15, 0.2) is 6.10 Å². The second kappa shape index (κ2) is 6.16. The molecule has 0 fully saturated rings. The third kappa shape index (κ3) is 2.60. The van der Waals surface area contributed by atoms with E-state index in [1.54, 1.807) is 19.3 Å². The Bertz CT molecular complexity index is 1230. The molecule has 0 saturated carbocycles. The Morgan fingerprint density at radius 3 is 2.86 bits per heavy atom. The lowest BCUT2D eigenvalue weighted by molar-refractivity contribution is -0.122. The summed E-state index contributed by atoms with van der Waals surface area (Å²) in [5.41, 5.74) is 5.12. The number of hydrogen-bond donors (Lipinski definition) is 1. The maximum atomic E-state index is 12.0. The minimum atomic E-state index is -0.506. The Kier molecular flexibility index (Phi) is 3.61. The summed E-state index contributed by atoms with van der Waals surface area (Å²) >= 11 is 0. The van der Waals surface area contributed by atoms with Crippen LogP contribution in [0.25, 0.3) is 28.3 Å². The van der Waals surface area contributed by atoms with Crippen molar-refractivity contribution in [1.29, 1.82) is 0 Å². The van der Waals surface area contributed by atoms with Crippen molar-refractivity contribution in [2.75, 3.05) is 5.32 Å². The third-order valence-corrected chi connectivity index (χ3v) is 4.76. The highest BCUT2D eigenvalue weighted by Gasteiger charge is 2.25. The molecule has 1 atom stereocenters. The number of amides is 1. The summed E-state index contributed by atoms with van der Waals surface area (Å²) < 4.78 is 7.62. The van der Waals surface area contributed by atoms with E-state index in [1.807, 2.05) is 53.9 Å². The van der Waals surface area contributed by atoms with Crippen LogP contribution in [0.1, 0.15) is 12.6 Å². The predicted molar refractivity (Wildman–Crippen MR) is 105 cm³/mol. The Labute approximate surface area is 161 Å². The average Bonchev–Trinajstić information content (AvgIpc) is 3.08. The third-order valence-electron chi connectivity index (χ3n) is 4.76. The molecule has 28 heavy (non-hydrogen) atoms. The lowest BCUT2D eigenvalue weighted by Gasteiger charge is -2.23. The normalized spacial score (nSPS) is 15.8. The summed E-state index contributed by atoms with van der Waals surface area (Å²) in [6.07, 6.45) is 4.91. The number of ether oxygens (including phenoxy) is 1. The molecule has 4 heterocycles. The standard InChI is InChI=1S/C21H17N5O2/c1-12-10-14(6-8-22-12)18-19(26-9-3-7-23-21(26)25-18)15-4-5-17-16(11-15)24-20(27)13(2)28-17/h3-11,13H,1-2H3,(H,24,27). The molecule has 3 aromatic heterocycles. The summed E-state index contributed by atoms with van der Waals surface area (Å²) in [7, 11) is 0. The molecule has 0 spiro atoms. The monoisotopic (exact) mass is 371 g/mol. The average molecular weight is 371 g/mol. The van der Waals surface area contributed by atoms with Crippen LogP contribution in [0.2, 0.25) is 0 Å². The van der Waals surface area contributed by atoms with Gasteiger partial charge in [0.2, 0.25) is 5.78 Å². The Hall–Kier alpha value is -3.74. The van der Waals surface area contributed by atoms with Crippen molar-refractivity contribution in [2.45, 2.75) is 20.0 Å². The van der Waals surface area contributed by atoms with Gasteiger partial charge in [-0.05, 0) is 50.2 Å². The number of rotatable bonds is 2. The fraction of sp³-hybridized carbons (Fsp3) is 0.143. The first-order valence-electron chi connectivity index (χ1n) is 8.98. The molecule has 5 rings (SSSR count). The molecule has 1 aliphatic rings. The maximum absolute atomic E-state index is 12.0. The number of pyridine rings is 1. The van der Waals surface area contributed by atoms with E-state index in [0.29, 0.717) is 17.2 Å². The smallest absolute Gasteiger partial charge is 0.265 e. The first-order chi connectivity index (χ1) is 13.6. The van der Waals surface area contributed by atoms with Crippen LogP contribution in [0, 0.1) is 6.92 Å². The van der Waals surface area contributed by atoms with E-state index in [1.165, 1.54) is 0 Å². The van der Waals surface area contributed by atoms with Gasteiger partial charge in [-0.3, -0.25) is 14.2 Å². The van der Waals surface area contributed by atoms with Crippen LogP contribution >= 0.6 is 0 Å². The van der Waals surface area contributed by atoms with Crippen molar-refractivity contribution < 1.29 is 9.53 Å². The summed E-state index contributed by atoms with van der Waals surface area (Å²) in [4.78, 5) is 25.4. The van der Waals surface area contributed by atoms with Crippen LogP contribution in [0.4, 0.5) is 5.69 Å². The Morgan fingerprint density at radius 1 is 1.11 bits per heavy atom. The summed E-state index contributed by atoms with van der Waals surface area (Å²) in [5.74, 6) is 1.10. The number of imidazole rings is 1. The fourth-order valence-corrected chi connectivity index (χ4v) is 3.41. The number of hydrogen-bond acceptors (Lipinski definition) is 5. The number of anilines is 1. The molecular weight excluding hydrogens is 354 g/mol. The van der Waals surface area contributed by atoms with Gasteiger partial charge in [-0.1, -0.05) is 0 Å². The van der Waals surface area contributed by atoms with Crippen LogP contribution in [-0.2, 0) is 4.79 Å². The van der Waals surface area contributed by atoms with Crippen molar-refractivity contribution in [3.63, 3.8) is 0 Å². The van der Waals surface area contributed by atoms with Gasteiger partial charge < -0.3 is 10.1 Å². The van der Waals surface area contributed by atoms with Crippen molar-refractivity contribution in [3.8, 4) is 28.3 Å². The van der Waals surface area contributed by atoms with Crippen LogP contribution in [0.5, 0.6) is 5.75 Å². The lowest BCUT2D eigenvalue weighted by atomic mass is 10.0. The lowest BCUT2D eigenvalue weighted by Crippen LogP contribution is -2.34. The molecule has 0 aliphatic carbocycles. The molecule has 1 aliphatic heterocycles. The van der Waals surface area contributed by atoms with Crippen LogP contribution < -0.4 is 10.1 Å². The van der Waals surface area contributed by atoms with Gasteiger partial charge in [0.1, 0.15) is 5.75 Å². The number of aromatic nitrogens is 4. The predicted octanol–water partition coefficient (Wildman–Crippen LogP) is 3.49. The number of aryl methyl sites for hydroxylation is 1. The van der Waals surface area contributed by atoms with Crippen molar-refractivity contribution in [1.82, 2.24) is 19.4 Å². The second-order valence-electron chi connectivity index (χ2n) is 6.74. The van der Waals surface area contributed by atoms with E-state index in [9.17, 15) is 4.79 Å². The molecule has 1 N–H and O–H groups in total. The number of nitrogens with zero attached hydrogens (tertiary/aromatic N) is 4. The second-order valence-corrected chi connectivity index (χ2v) is 6.74. The highest BCUT2D eigenvalue weighted by molar-refractivity contribution is 5.98. The SMILES string of the molecule is Cc1cc(-c2nc3ncccn3c2-c2ccc3c(c2)NC(=O)C(C)O3)ccn1. The van der Waals surface area contributed by atoms with Gasteiger partial charge in [-0.25, -0.2) is 9.97 Å². The Morgan fingerprint density at radius 2 is 2.00 bits per heavy atom. The molecule has 1 aromatic carbocycles. The molecule has 1 unspecified atom stereocenters. The molecule has 138 valence electrons. The first-order valence-corrected chi connectivity index (χ1v) is 8.98. The quantitative estimate of drug-likeness (QED) is 0.583. The topological polar surface area (TPSA) is 81.4 Å².